The fraction of sp³-hybridized carbons (Fsp3) is 0. The second kappa shape index (κ2) is 5.54. The molecule has 1 nitrogen and oxygen atoms in total. The Morgan fingerprint density at radius 2 is 1.36 bits per heavy atom. The fourth-order valence-corrected chi connectivity index (χ4v) is 5.18. The third-order valence-corrected chi connectivity index (χ3v) is 8.02. The van der Waals surface area contributed by atoms with Crippen LogP contribution in [0.4, 0.5) is 0 Å². The molecule has 0 saturated heterocycles. The van der Waals surface area contributed by atoms with Gasteiger partial charge in [0.05, 0.1) is 7.14 Å². The molecule has 76 valence electrons. The number of hydrogen-bond donors (Lipinski definition) is 1. The molecule has 0 fully saturated rings. The first-order valence-electron chi connectivity index (χ1n) is 3.27. The first-order valence-corrected chi connectivity index (χ1v) is 7.97. The van der Waals surface area contributed by atoms with E-state index in [4.69, 9.17) is 11.6 Å². The second-order valence-corrected chi connectivity index (χ2v) is 7.16. The maximum atomic E-state index is 9.78. The zero-order chi connectivity index (χ0) is 11.0. The summed E-state index contributed by atoms with van der Waals surface area (Å²) in [6.07, 6.45) is 0. The van der Waals surface area contributed by atoms with Gasteiger partial charge in [-0.25, -0.2) is 0 Å². The largest absolute Gasteiger partial charge is 0.506 e. The van der Waals surface area contributed by atoms with E-state index in [0.29, 0.717) is 10.8 Å². The molecular formula is C8H3ClI4O. The lowest BCUT2D eigenvalue weighted by Gasteiger charge is -2.12. The molecule has 1 aromatic carbocycles. The molecule has 0 atom stereocenters. The van der Waals surface area contributed by atoms with Crippen LogP contribution in [0.3, 0.4) is 0 Å². The van der Waals surface area contributed by atoms with Crippen LogP contribution in [0.1, 0.15) is 5.56 Å². The highest BCUT2D eigenvalue weighted by Crippen LogP contribution is 2.40. The Hall–Kier alpha value is 1.97. The highest BCUT2D eigenvalue weighted by Gasteiger charge is 2.19. The first kappa shape index (κ1) is 14.0. The third-order valence-electron chi connectivity index (χ3n) is 1.51. The van der Waals surface area contributed by atoms with Gasteiger partial charge in [0.25, 0.3) is 0 Å². The van der Waals surface area contributed by atoms with Crippen LogP contribution in [-0.2, 0) is 0 Å². The van der Waals surface area contributed by atoms with E-state index in [1.807, 2.05) is 0 Å². The van der Waals surface area contributed by atoms with Crippen molar-refractivity contribution in [3.05, 3.63) is 26.4 Å². The SMILES string of the molecule is C=C(Cl)c1c(I)c(I)c(O)c(I)c1I. The Morgan fingerprint density at radius 1 is 1.00 bits per heavy atom. The number of phenols is 1. The molecule has 0 saturated carbocycles. The molecule has 0 spiro atoms. The Balaban J connectivity index is 3.68. The van der Waals surface area contributed by atoms with Crippen LogP contribution in [0.5, 0.6) is 5.75 Å². The van der Waals surface area contributed by atoms with Crippen LogP contribution in [0.25, 0.3) is 5.03 Å². The standard InChI is InChI=1S/C8H3ClI4O/c1-2(9)3-4(10)6(12)8(14)7(13)5(3)11/h14H,1H2. The molecular weight excluding hydrogens is 655 g/mol. The predicted octanol–water partition coefficient (Wildman–Crippen LogP) is 5.02. The quantitative estimate of drug-likeness (QED) is 0.333. The second-order valence-electron chi connectivity index (χ2n) is 2.38. The van der Waals surface area contributed by atoms with Crippen LogP contribution in [0.15, 0.2) is 6.58 Å². The molecule has 14 heavy (non-hydrogen) atoms. The van der Waals surface area contributed by atoms with Crippen LogP contribution in [0, 0.1) is 14.3 Å². The van der Waals surface area contributed by atoms with Crippen molar-refractivity contribution in [3.63, 3.8) is 0 Å². The van der Waals surface area contributed by atoms with Crippen molar-refractivity contribution in [2.45, 2.75) is 0 Å². The molecule has 0 heterocycles. The zero-order valence-electron chi connectivity index (χ0n) is 6.54. The minimum absolute atomic E-state index is 0.321. The number of aromatic hydroxyl groups is 1. The normalized spacial score (nSPS) is 10.4. The predicted molar refractivity (Wildman–Crippen MR) is 93.9 cm³/mol. The molecule has 0 amide bonds. The van der Waals surface area contributed by atoms with Crippen LogP contribution in [-0.4, -0.2) is 5.11 Å². The van der Waals surface area contributed by atoms with Crippen molar-refractivity contribution in [2.75, 3.05) is 0 Å². The van der Waals surface area contributed by atoms with Crippen molar-refractivity contribution >= 4 is 107 Å². The van der Waals surface area contributed by atoms with E-state index < -0.39 is 0 Å². The molecule has 6 heteroatoms. The minimum atomic E-state index is 0.321. The highest BCUT2D eigenvalue weighted by atomic mass is 127. The maximum absolute atomic E-state index is 9.78. The van der Waals surface area contributed by atoms with Gasteiger partial charge < -0.3 is 5.11 Å². The summed E-state index contributed by atoms with van der Waals surface area (Å²) in [6.45, 7) is 3.73. The van der Waals surface area contributed by atoms with Gasteiger partial charge in [-0.2, -0.15) is 0 Å². The molecule has 0 aromatic heterocycles. The molecule has 0 aliphatic carbocycles. The van der Waals surface area contributed by atoms with Gasteiger partial charge in [-0.1, -0.05) is 18.2 Å². The topological polar surface area (TPSA) is 20.2 Å². The van der Waals surface area contributed by atoms with Crippen molar-refractivity contribution in [2.24, 2.45) is 0 Å². The number of phenolic OH excluding ortho intramolecular Hbond substituents is 1. The summed E-state index contributed by atoms with van der Waals surface area (Å²) in [5.41, 5.74) is 0.916. The molecule has 1 N–H and O–H groups in total. The summed E-state index contributed by atoms with van der Waals surface area (Å²) in [4.78, 5) is 0. The third kappa shape index (κ3) is 2.62. The average Bonchev–Trinajstić information content (AvgIpc) is 2.11. The molecule has 0 radical (unpaired) electrons. The zero-order valence-corrected chi connectivity index (χ0v) is 15.9. The number of hydrogen-bond acceptors (Lipinski definition) is 1. The Labute approximate surface area is 142 Å². The number of halogens is 5. The smallest absolute Gasteiger partial charge is 0.144 e. The maximum Gasteiger partial charge on any atom is 0.144 e. The Bertz CT molecular complexity index is 387. The highest BCUT2D eigenvalue weighted by molar-refractivity contribution is 14.1. The van der Waals surface area contributed by atoms with E-state index in [-0.39, 0.29) is 0 Å². The van der Waals surface area contributed by atoms with Crippen molar-refractivity contribution in [1.29, 1.82) is 0 Å². The molecule has 0 aliphatic heterocycles. The van der Waals surface area contributed by atoms with Crippen molar-refractivity contribution in [3.8, 4) is 5.75 Å². The molecule has 1 aromatic rings. The van der Waals surface area contributed by atoms with Crippen LogP contribution >= 0.6 is 102 Å². The fourth-order valence-electron chi connectivity index (χ4n) is 0.858. The molecule has 0 aliphatic rings. The van der Waals surface area contributed by atoms with Gasteiger partial charge in [-0.15, -0.1) is 0 Å². The molecule has 0 unspecified atom stereocenters. The van der Waals surface area contributed by atoms with Crippen molar-refractivity contribution in [1.82, 2.24) is 0 Å². The van der Waals surface area contributed by atoms with Gasteiger partial charge in [-0.3, -0.25) is 0 Å². The van der Waals surface area contributed by atoms with E-state index in [0.717, 1.165) is 19.8 Å². The van der Waals surface area contributed by atoms with Gasteiger partial charge in [0.1, 0.15) is 5.75 Å². The van der Waals surface area contributed by atoms with Gasteiger partial charge in [-0.05, 0) is 90.4 Å². The van der Waals surface area contributed by atoms with Gasteiger partial charge in [0, 0.05) is 17.7 Å². The summed E-state index contributed by atoms with van der Waals surface area (Å²) in [6, 6.07) is 0. The Morgan fingerprint density at radius 3 is 1.64 bits per heavy atom. The van der Waals surface area contributed by atoms with E-state index in [1.165, 1.54) is 0 Å². The van der Waals surface area contributed by atoms with Crippen LogP contribution < -0.4 is 0 Å². The summed E-state index contributed by atoms with van der Waals surface area (Å²) in [5, 5.41) is 10.3. The molecule has 1 rings (SSSR count). The minimum Gasteiger partial charge on any atom is -0.506 e. The van der Waals surface area contributed by atoms with Gasteiger partial charge >= 0.3 is 0 Å². The van der Waals surface area contributed by atoms with E-state index >= 15 is 0 Å². The lowest BCUT2D eigenvalue weighted by molar-refractivity contribution is 0.466. The summed E-state index contributed by atoms with van der Waals surface area (Å²) in [5.74, 6) is 0.321. The van der Waals surface area contributed by atoms with Gasteiger partial charge in [0.2, 0.25) is 0 Å². The molecule has 0 bridgehead atoms. The average molecular weight is 658 g/mol. The first-order chi connectivity index (χ1) is 6.37. The lowest BCUT2D eigenvalue weighted by Crippen LogP contribution is -1.97. The Kier molecular flexibility index (Phi) is 5.55. The lowest BCUT2D eigenvalue weighted by atomic mass is 10.2. The van der Waals surface area contributed by atoms with E-state index in [1.54, 1.807) is 0 Å². The van der Waals surface area contributed by atoms with Crippen LogP contribution in [0.2, 0.25) is 0 Å². The van der Waals surface area contributed by atoms with E-state index in [9.17, 15) is 5.11 Å². The summed E-state index contributed by atoms with van der Waals surface area (Å²) >= 11 is 14.5. The summed E-state index contributed by atoms with van der Waals surface area (Å²) < 4.78 is 3.55. The van der Waals surface area contributed by atoms with Gasteiger partial charge in [0.15, 0.2) is 0 Å². The monoisotopic (exact) mass is 658 g/mol. The number of benzene rings is 1. The van der Waals surface area contributed by atoms with E-state index in [2.05, 4.69) is 96.9 Å². The number of rotatable bonds is 1. The van der Waals surface area contributed by atoms with Crippen molar-refractivity contribution < 1.29 is 5.11 Å². The summed E-state index contributed by atoms with van der Waals surface area (Å²) in [7, 11) is 0.